The molecule has 5 nitrogen and oxygen atoms in total. The summed E-state index contributed by atoms with van der Waals surface area (Å²) >= 11 is 1.40. The predicted octanol–water partition coefficient (Wildman–Crippen LogP) is 1.20. The molecule has 1 aliphatic rings. The molecule has 0 saturated heterocycles. The van der Waals surface area contributed by atoms with Crippen molar-refractivity contribution in [2.45, 2.75) is 23.1 Å². The minimum absolute atomic E-state index is 0.0437. The lowest BCUT2D eigenvalue weighted by molar-refractivity contribution is -0.138. The number of hydrogen-bond donors (Lipinski definition) is 3. The number of hydrogen-bond acceptors (Lipinski definition) is 4. The van der Waals surface area contributed by atoms with E-state index in [0.29, 0.717) is 11.3 Å². The number of thioether (sulfide) groups is 1. The number of fused-ring (bicyclic) bond motifs is 1. The fraction of sp³-hybridized carbons (Fsp3) is 0.273. The van der Waals surface area contributed by atoms with E-state index in [9.17, 15) is 9.59 Å². The number of carbonyl (C=O) groups is 2. The molecule has 2 unspecified atom stereocenters. The van der Waals surface area contributed by atoms with E-state index in [1.165, 1.54) is 11.8 Å². The molecule has 6 heteroatoms. The van der Waals surface area contributed by atoms with Crippen molar-refractivity contribution in [2.75, 3.05) is 5.32 Å². The molecule has 1 heterocycles. The first-order valence-electron chi connectivity index (χ1n) is 5.09. The smallest absolute Gasteiger partial charge is 0.325 e. The fourth-order valence-electron chi connectivity index (χ4n) is 1.55. The third kappa shape index (κ3) is 2.27. The molecule has 0 aliphatic carbocycles. The van der Waals surface area contributed by atoms with Crippen LogP contribution in [0.2, 0.25) is 0 Å². The topological polar surface area (TPSA) is 92.4 Å². The van der Waals surface area contributed by atoms with E-state index in [1.807, 2.05) is 0 Å². The summed E-state index contributed by atoms with van der Waals surface area (Å²) in [4.78, 5) is 23.1. The van der Waals surface area contributed by atoms with Gasteiger partial charge in [0, 0.05) is 4.90 Å². The van der Waals surface area contributed by atoms with Crippen molar-refractivity contribution in [3.63, 3.8) is 0 Å². The second-order valence-corrected chi connectivity index (χ2v) is 5.20. The predicted molar refractivity (Wildman–Crippen MR) is 65.0 cm³/mol. The molecule has 4 N–H and O–H groups in total. The van der Waals surface area contributed by atoms with Crippen LogP contribution < -0.4 is 11.1 Å². The van der Waals surface area contributed by atoms with Gasteiger partial charge in [-0.05, 0) is 24.6 Å². The van der Waals surface area contributed by atoms with Gasteiger partial charge in [0.25, 0.3) is 0 Å². The molecule has 17 heavy (non-hydrogen) atoms. The highest BCUT2D eigenvalue weighted by Crippen LogP contribution is 2.36. The number of rotatable bonds is 2. The van der Waals surface area contributed by atoms with E-state index in [0.717, 1.165) is 4.90 Å². The normalized spacial score (nSPS) is 20.4. The number of amides is 1. The van der Waals surface area contributed by atoms with Crippen molar-refractivity contribution in [1.29, 1.82) is 0 Å². The lowest BCUT2D eigenvalue weighted by Gasteiger charge is -2.22. The van der Waals surface area contributed by atoms with Crippen molar-refractivity contribution >= 4 is 29.3 Å². The van der Waals surface area contributed by atoms with Crippen molar-refractivity contribution in [1.82, 2.24) is 0 Å². The minimum atomic E-state index is -1.07. The monoisotopic (exact) mass is 252 g/mol. The highest BCUT2D eigenvalue weighted by atomic mass is 32.2. The van der Waals surface area contributed by atoms with Crippen molar-refractivity contribution in [3.8, 4) is 0 Å². The number of anilines is 1. The SMILES string of the molecule is CC1Sc2cc(C(N)C(=O)O)ccc2NC1=O. The number of carboxylic acid groups (broad SMARTS) is 1. The Bertz CT molecular complexity index is 490. The van der Waals surface area contributed by atoms with E-state index in [-0.39, 0.29) is 11.2 Å². The van der Waals surface area contributed by atoms with Gasteiger partial charge in [-0.2, -0.15) is 0 Å². The fourth-order valence-corrected chi connectivity index (χ4v) is 2.55. The van der Waals surface area contributed by atoms with Crippen LogP contribution in [-0.2, 0) is 9.59 Å². The van der Waals surface area contributed by atoms with Gasteiger partial charge in [0.15, 0.2) is 0 Å². The zero-order valence-corrected chi connectivity index (χ0v) is 9.95. The van der Waals surface area contributed by atoms with Crippen molar-refractivity contribution in [3.05, 3.63) is 23.8 Å². The highest BCUT2D eigenvalue weighted by Gasteiger charge is 2.24. The lowest BCUT2D eigenvalue weighted by Crippen LogP contribution is -2.27. The van der Waals surface area contributed by atoms with Crippen LogP contribution in [0.15, 0.2) is 23.1 Å². The largest absolute Gasteiger partial charge is 0.480 e. The summed E-state index contributed by atoms with van der Waals surface area (Å²) in [5, 5.41) is 11.4. The third-order valence-electron chi connectivity index (χ3n) is 2.56. The Morgan fingerprint density at radius 1 is 1.59 bits per heavy atom. The summed E-state index contributed by atoms with van der Waals surface area (Å²) in [5.74, 6) is -1.11. The highest BCUT2D eigenvalue weighted by molar-refractivity contribution is 8.00. The Hall–Kier alpha value is -1.53. The van der Waals surface area contributed by atoms with Gasteiger partial charge >= 0.3 is 5.97 Å². The molecule has 0 spiro atoms. The number of carbonyl (C=O) groups excluding carboxylic acids is 1. The Kier molecular flexibility index (Phi) is 3.08. The van der Waals surface area contributed by atoms with Gasteiger partial charge in [0.05, 0.1) is 10.9 Å². The van der Waals surface area contributed by atoms with Crippen LogP contribution in [0.25, 0.3) is 0 Å². The molecule has 0 saturated carbocycles. The van der Waals surface area contributed by atoms with Gasteiger partial charge in [0.2, 0.25) is 5.91 Å². The van der Waals surface area contributed by atoms with E-state index >= 15 is 0 Å². The van der Waals surface area contributed by atoms with E-state index in [4.69, 9.17) is 10.8 Å². The summed E-state index contributed by atoms with van der Waals surface area (Å²) in [7, 11) is 0. The first-order chi connectivity index (χ1) is 7.99. The Balaban J connectivity index is 2.35. The van der Waals surface area contributed by atoms with Gasteiger partial charge in [-0.15, -0.1) is 11.8 Å². The molecule has 1 aromatic rings. The van der Waals surface area contributed by atoms with Crippen LogP contribution in [0.4, 0.5) is 5.69 Å². The molecule has 1 aliphatic heterocycles. The molecule has 1 amide bonds. The van der Waals surface area contributed by atoms with E-state index in [1.54, 1.807) is 25.1 Å². The van der Waals surface area contributed by atoms with Gasteiger partial charge < -0.3 is 16.2 Å². The number of nitrogens with one attached hydrogen (secondary N) is 1. The van der Waals surface area contributed by atoms with Gasteiger partial charge in [-0.25, -0.2) is 0 Å². The molecule has 1 aromatic carbocycles. The van der Waals surface area contributed by atoms with Crippen LogP contribution in [-0.4, -0.2) is 22.2 Å². The maximum Gasteiger partial charge on any atom is 0.325 e. The van der Waals surface area contributed by atoms with Crippen LogP contribution in [0.5, 0.6) is 0 Å². The third-order valence-corrected chi connectivity index (χ3v) is 3.72. The summed E-state index contributed by atoms with van der Waals surface area (Å²) in [6, 6.07) is 3.99. The minimum Gasteiger partial charge on any atom is -0.480 e. The molecule has 2 atom stereocenters. The molecule has 0 aromatic heterocycles. The Labute approximate surface area is 102 Å². The number of benzene rings is 1. The average molecular weight is 252 g/mol. The quantitative estimate of drug-likeness (QED) is 0.735. The first-order valence-corrected chi connectivity index (χ1v) is 5.97. The van der Waals surface area contributed by atoms with Gasteiger partial charge in [0.1, 0.15) is 6.04 Å². The maximum atomic E-state index is 11.4. The van der Waals surface area contributed by atoms with Crippen LogP contribution >= 0.6 is 11.8 Å². The van der Waals surface area contributed by atoms with Crippen LogP contribution in [0.1, 0.15) is 18.5 Å². The number of carboxylic acids is 1. The Morgan fingerprint density at radius 2 is 2.29 bits per heavy atom. The second-order valence-electron chi connectivity index (χ2n) is 3.82. The average Bonchev–Trinajstić information content (AvgIpc) is 2.29. The summed E-state index contributed by atoms with van der Waals surface area (Å²) in [5.41, 5.74) is 6.78. The van der Waals surface area contributed by atoms with Crippen molar-refractivity contribution in [2.24, 2.45) is 5.73 Å². The first kappa shape index (κ1) is 11.9. The standard InChI is InChI=1S/C11H12N2O3S/c1-5-10(14)13-7-3-2-6(4-8(7)17-5)9(12)11(15)16/h2-5,9H,12H2,1H3,(H,13,14)(H,15,16). The van der Waals surface area contributed by atoms with E-state index < -0.39 is 12.0 Å². The Morgan fingerprint density at radius 3 is 2.94 bits per heavy atom. The molecular weight excluding hydrogens is 240 g/mol. The molecule has 2 rings (SSSR count). The zero-order chi connectivity index (χ0) is 12.6. The molecule has 90 valence electrons. The molecule has 0 fully saturated rings. The molecule has 0 bridgehead atoms. The summed E-state index contributed by atoms with van der Waals surface area (Å²) in [6.07, 6.45) is 0. The van der Waals surface area contributed by atoms with E-state index in [2.05, 4.69) is 5.32 Å². The second kappa shape index (κ2) is 4.38. The summed E-state index contributed by atoms with van der Waals surface area (Å²) in [6.45, 7) is 1.80. The molecule has 0 radical (unpaired) electrons. The number of aliphatic carboxylic acids is 1. The van der Waals surface area contributed by atoms with Crippen molar-refractivity contribution < 1.29 is 14.7 Å². The lowest BCUT2D eigenvalue weighted by atomic mass is 10.1. The molecular formula is C11H12N2O3S. The van der Waals surface area contributed by atoms with Gasteiger partial charge in [-0.3, -0.25) is 9.59 Å². The van der Waals surface area contributed by atoms with Gasteiger partial charge in [-0.1, -0.05) is 6.07 Å². The van der Waals surface area contributed by atoms with Crippen LogP contribution in [0, 0.1) is 0 Å². The van der Waals surface area contributed by atoms with Crippen LogP contribution in [0.3, 0.4) is 0 Å². The summed E-state index contributed by atoms with van der Waals surface area (Å²) < 4.78 is 0. The zero-order valence-electron chi connectivity index (χ0n) is 9.14. The number of nitrogens with two attached hydrogens (primary N) is 1. The maximum absolute atomic E-state index is 11.4.